The van der Waals surface area contributed by atoms with Crippen LogP contribution in [0, 0.1) is 5.92 Å². The van der Waals surface area contributed by atoms with E-state index in [-0.39, 0.29) is 5.92 Å². The maximum atomic E-state index is 10.9. The van der Waals surface area contributed by atoms with Crippen molar-refractivity contribution in [2.24, 2.45) is 5.92 Å². The van der Waals surface area contributed by atoms with Gasteiger partial charge in [0.1, 0.15) is 6.29 Å². The van der Waals surface area contributed by atoms with Crippen LogP contribution in [0.2, 0.25) is 0 Å². The molecule has 1 aliphatic rings. The van der Waals surface area contributed by atoms with Crippen molar-refractivity contribution in [3.05, 3.63) is 0 Å². The maximum Gasteiger partial charge on any atom is 0.150 e. The van der Waals surface area contributed by atoms with Gasteiger partial charge in [0.2, 0.25) is 0 Å². The molecule has 0 N–H and O–H groups in total. The van der Waals surface area contributed by atoms with Gasteiger partial charge in [0.25, 0.3) is 0 Å². The highest BCUT2D eigenvalue weighted by molar-refractivity contribution is 7.91. The Morgan fingerprint density at radius 3 is 2.64 bits per heavy atom. The van der Waals surface area contributed by atoms with Gasteiger partial charge in [-0.25, -0.2) is 8.42 Å². The van der Waals surface area contributed by atoms with Crippen molar-refractivity contribution in [1.82, 2.24) is 0 Å². The van der Waals surface area contributed by atoms with Crippen molar-refractivity contribution < 1.29 is 13.2 Å². The van der Waals surface area contributed by atoms with E-state index in [0.29, 0.717) is 17.9 Å². The van der Waals surface area contributed by atoms with Gasteiger partial charge in [-0.15, -0.1) is 0 Å². The lowest BCUT2D eigenvalue weighted by Crippen LogP contribution is -2.04. The predicted octanol–water partition coefficient (Wildman–Crippen LogP) is 0.400. The highest BCUT2D eigenvalue weighted by atomic mass is 32.2. The first-order valence-corrected chi connectivity index (χ1v) is 5.60. The minimum Gasteiger partial charge on any atom is -0.303 e. The molecule has 0 amide bonds. The maximum absolute atomic E-state index is 10.9. The van der Waals surface area contributed by atoms with E-state index in [1.165, 1.54) is 0 Å². The van der Waals surface area contributed by atoms with Crippen molar-refractivity contribution in [3.8, 4) is 0 Å². The van der Waals surface area contributed by atoms with Gasteiger partial charge in [-0.3, -0.25) is 0 Å². The number of aldehydes is 1. The molecular formula is C7H12O3S. The van der Waals surface area contributed by atoms with Crippen LogP contribution in [0.15, 0.2) is 0 Å². The Hall–Kier alpha value is -0.380. The van der Waals surface area contributed by atoms with E-state index in [9.17, 15) is 13.2 Å². The molecule has 0 spiro atoms. The van der Waals surface area contributed by atoms with Gasteiger partial charge >= 0.3 is 0 Å². The van der Waals surface area contributed by atoms with Gasteiger partial charge in [-0.05, 0) is 18.8 Å². The normalized spacial score (nSPS) is 28.5. The molecule has 0 aromatic heterocycles. The molecule has 1 atom stereocenters. The van der Waals surface area contributed by atoms with E-state index in [4.69, 9.17) is 0 Å². The van der Waals surface area contributed by atoms with Gasteiger partial charge in [0.05, 0.1) is 11.5 Å². The summed E-state index contributed by atoms with van der Waals surface area (Å²) >= 11 is 0. The van der Waals surface area contributed by atoms with Crippen LogP contribution in [0.5, 0.6) is 0 Å². The molecule has 1 heterocycles. The second-order valence-corrected chi connectivity index (χ2v) is 5.24. The Bertz CT molecular complexity index is 230. The zero-order valence-electron chi connectivity index (χ0n) is 6.32. The molecule has 0 aromatic rings. The number of rotatable bonds is 3. The number of carbonyl (C=O) groups is 1. The number of sulfone groups is 1. The fourth-order valence-corrected chi connectivity index (χ4v) is 3.31. The minimum atomic E-state index is -2.74. The van der Waals surface area contributed by atoms with E-state index in [1.807, 2.05) is 0 Å². The third-order valence-corrected chi connectivity index (χ3v) is 3.86. The summed E-state index contributed by atoms with van der Waals surface area (Å²) < 4.78 is 21.8. The molecule has 1 saturated heterocycles. The first-order valence-electron chi connectivity index (χ1n) is 3.78. The summed E-state index contributed by atoms with van der Waals surface area (Å²) in [5.41, 5.74) is 0. The smallest absolute Gasteiger partial charge is 0.150 e. The summed E-state index contributed by atoms with van der Waals surface area (Å²) in [6.45, 7) is 0. The summed E-state index contributed by atoms with van der Waals surface area (Å²) in [6, 6.07) is 0. The standard InChI is InChI=1S/C7H12O3S/c8-4-1-2-7-3-5-11(9,10)6-7/h4,7H,1-3,5-6H2. The largest absolute Gasteiger partial charge is 0.303 e. The van der Waals surface area contributed by atoms with Crippen LogP contribution in [-0.2, 0) is 14.6 Å². The van der Waals surface area contributed by atoms with E-state index in [2.05, 4.69) is 0 Å². The molecule has 1 rings (SSSR count). The second-order valence-electron chi connectivity index (χ2n) is 3.01. The predicted molar refractivity (Wildman–Crippen MR) is 42.1 cm³/mol. The first-order chi connectivity index (χ1) is 5.14. The van der Waals surface area contributed by atoms with Crippen molar-refractivity contribution in [2.45, 2.75) is 19.3 Å². The summed E-state index contributed by atoms with van der Waals surface area (Å²) in [5, 5.41) is 0. The van der Waals surface area contributed by atoms with Crippen LogP contribution in [0.25, 0.3) is 0 Å². The molecule has 0 bridgehead atoms. The first kappa shape index (κ1) is 8.71. The van der Waals surface area contributed by atoms with Gasteiger partial charge in [0.15, 0.2) is 9.84 Å². The average Bonchev–Trinajstić information content (AvgIpc) is 2.26. The molecule has 11 heavy (non-hydrogen) atoms. The summed E-state index contributed by atoms with van der Waals surface area (Å²) in [5.74, 6) is 0.849. The monoisotopic (exact) mass is 176 g/mol. The SMILES string of the molecule is O=CCCC1CCS(=O)(=O)C1. The molecule has 3 nitrogen and oxygen atoms in total. The molecule has 1 unspecified atom stereocenters. The van der Waals surface area contributed by atoms with Crippen molar-refractivity contribution in [2.75, 3.05) is 11.5 Å². The lowest BCUT2D eigenvalue weighted by molar-refractivity contribution is -0.108. The van der Waals surface area contributed by atoms with Gasteiger partial charge < -0.3 is 4.79 Å². The molecular weight excluding hydrogens is 164 g/mol. The number of hydrogen-bond acceptors (Lipinski definition) is 3. The van der Waals surface area contributed by atoms with Crippen LogP contribution in [0.4, 0.5) is 0 Å². The Balaban J connectivity index is 2.36. The summed E-state index contributed by atoms with van der Waals surface area (Å²) in [6.07, 6.45) is 2.84. The summed E-state index contributed by atoms with van der Waals surface area (Å²) in [7, 11) is -2.74. The molecule has 0 saturated carbocycles. The lowest BCUT2D eigenvalue weighted by atomic mass is 10.0. The number of hydrogen-bond donors (Lipinski definition) is 0. The van der Waals surface area contributed by atoms with E-state index in [0.717, 1.165) is 19.1 Å². The molecule has 0 aromatic carbocycles. The van der Waals surface area contributed by atoms with E-state index < -0.39 is 9.84 Å². The fraction of sp³-hybridized carbons (Fsp3) is 0.857. The van der Waals surface area contributed by atoms with Crippen LogP contribution >= 0.6 is 0 Å². The quantitative estimate of drug-likeness (QED) is 0.585. The minimum absolute atomic E-state index is 0.241. The fourth-order valence-electron chi connectivity index (χ4n) is 1.40. The Labute approximate surface area is 66.7 Å². The molecule has 0 radical (unpaired) electrons. The van der Waals surface area contributed by atoms with E-state index in [1.54, 1.807) is 0 Å². The van der Waals surface area contributed by atoms with Crippen LogP contribution in [0.3, 0.4) is 0 Å². The van der Waals surface area contributed by atoms with Crippen LogP contribution in [0.1, 0.15) is 19.3 Å². The van der Waals surface area contributed by atoms with Gasteiger partial charge in [-0.2, -0.15) is 0 Å². The Kier molecular flexibility index (Phi) is 2.65. The number of carbonyl (C=O) groups excluding carboxylic acids is 1. The average molecular weight is 176 g/mol. The van der Waals surface area contributed by atoms with Crippen molar-refractivity contribution in [3.63, 3.8) is 0 Å². The molecule has 1 aliphatic heterocycles. The molecule has 4 heteroatoms. The molecule has 0 aliphatic carbocycles. The van der Waals surface area contributed by atoms with Gasteiger partial charge in [-0.1, -0.05) is 0 Å². The van der Waals surface area contributed by atoms with Crippen molar-refractivity contribution >= 4 is 16.1 Å². The van der Waals surface area contributed by atoms with Crippen LogP contribution < -0.4 is 0 Å². The Morgan fingerprint density at radius 1 is 1.45 bits per heavy atom. The van der Waals surface area contributed by atoms with Crippen molar-refractivity contribution in [1.29, 1.82) is 0 Å². The topological polar surface area (TPSA) is 51.2 Å². The van der Waals surface area contributed by atoms with Gasteiger partial charge in [0, 0.05) is 6.42 Å². The van der Waals surface area contributed by atoms with Crippen LogP contribution in [-0.4, -0.2) is 26.2 Å². The van der Waals surface area contributed by atoms with E-state index >= 15 is 0 Å². The zero-order chi connectivity index (χ0) is 8.32. The highest BCUT2D eigenvalue weighted by Crippen LogP contribution is 2.21. The highest BCUT2D eigenvalue weighted by Gasteiger charge is 2.26. The third-order valence-electron chi connectivity index (χ3n) is 2.02. The molecule has 64 valence electrons. The lowest BCUT2D eigenvalue weighted by Gasteiger charge is -2.01. The Morgan fingerprint density at radius 2 is 2.18 bits per heavy atom. The third kappa shape index (κ3) is 2.61. The molecule has 1 fully saturated rings. The zero-order valence-corrected chi connectivity index (χ0v) is 7.14. The summed E-state index contributed by atoms with van der Waals surface area (Å²) in [4.78, 5) is 9.97. The second kappa shape index (κ2) is 3.34.